The van der Waals surface area contributed by atoms with Crippen LogP contribution in [-0.4, -0.2) is 11.5 Å². The molecule has 1 spiro atoms. The van der Waals surface area contributed by atoms with Crippen LogP contribution in [-0.2, 0) is 0 Å². The molecule has 1 unspecified atom stereocenters. The van der Waals surface area contributed by atoms with E-state index >= 15 is 0 Å². The fourth-order valence-electron chi connectivity index (χ4n) is 2.27. The number of hydrogen-bond acceptors (Lipinski definition) is 1. The van der Waals surface area contributed by atoms with Crippen LogP contribution in [0.15, 0.2) is 0 Å². The summed E-state index contributed by atoms with van der Waals surface area (Å²) in [6.07, 6.45) is 6.03. The van der Waals surface area contributed by atoms with Crippen LogP contribution in [0.5, 0.6) is 0 Å². The normalized spacial score (nSPS) is 37.5. The first-order chi connectivity index (χ1) is 4.83. The summed E-state index contributed by atoms with van der Waals surface area (Å²) >= 11 is 2.15. The van der Waals surface area contributed by atoms with Crippen LogP contribution >= 0.6 is 11.8 Å². The first kappa shape index (κ1) is 7.02. The fraction of sp³-hybridized carbons (Fsp3) is 1.00. The van der Waals surface area contributed by atoms with Crippen LogP contribution in [0.2, 0.25) is 0 Å². The van der Waals surface area contributed by atoms with Crippen LogP contribution in [0, 0.1) is 11.3 Å². The molecule has 1 atom stereocenters. The van der Waals surface area contributed by atoms with Crippen molar-refractivity contribution in [1.82, 2.24) is 0 Å². The Labute approximate surface area is 67.8 Å². The first-order valence-electron chi connectivity index (χ1n) is 4.41. The van der Waals surface area contributed by atoms with Gasteiger partial charge < -0.3 is 0 Å². The Kier molecular flexibility index (Phi) is 1.71. The van der Waals surface area contributed by atoms with Crippen molar-refractivity contribution in [2.45, 2.75) is 32.6 Å². The maximum Gasteiger partial charge on any atom is -0.0000131 e. The first-order valence-corrected chi connectivity index (χ1v) is 5.57. The zero-order valence-electron chi connectivity index (χ0n) is 6.73. The van der Waals surface area contributed by atoms with Gasteiger partial charge in [0.05, 0.1) is 0 Å². The van der Waals surface area contributed by atoms with E-state index < -0.39 is 0 Å². The number of rotatable bonds is 0. The zero-order chi connectivity index (χ0) is 7.03. The SMILES string of the molecule is CC1CCCCC12CSC2. The predicted molar refractivity (Wildman–Crippen MR) is 47.4 cm³/mol. The van der Waals surface area contributed by atoms with Crippen molar-refractivity contribution >= 4 is 11.8 Å². The summed E-state index contributed by atoms with van der Waals surface area (Å²) in [5.41, 5.74) is 0.822. The molecule has 0 aromatic rings. The van der Waals surface area contributed by atoms with E-state index in [4.69, 9.17) is 0 Å². The van der Waals surface area contributed by atoms with Gasteiger partial charge in [-0.25, -0.2) is 0 Å². The monoisotopic (exact) mass is 156 g/mol. The molecule has 2 rings (SSSR count). The molecule has 10 heavy (non-hydrogen) atoms. The van der Waals surface area contributed by atoms with E-state index in [-0.39, 0.29) is 0 Å². The Morgan fingerprint density at radius 1 is 1.30 bits per heavy atom. The Balaban J connectivity index is 2.03. The van der Waals surface area contributed by atoms with Crippen molar-refractivity contribution in [2.24, 2.45) is 11.3 Å². The van der Waals surface area contributed by atoms with Gasteiger partial charge in [-0.3, -0.25) is 0 Å². The molecule has 0 amide bonds. The third-order valence-corrected chi connectivity index (χ3v) is 4.94. The van der Waals surface area contributed by atoms with Gasteiger partial charge in [-0.15, -0.1) is 0 Å². The highest BCUT2D eigenvalue weighted by Crippen LogP contribution is 2.51. The third kappa shape index (κ3) is 0.903. The minimum absolute atomic E-state index is 0.822. The topological polar surface area (TPSA) is 0 Å². The predicted octanol–water partition coefficient (Wildman–Crippen LogP) is 2.93. The molecule has 1 aliphatic carbocycles. The van der Waals surface area contributed by atoms with Crippen LogP contribution in [0.4, 0.5) is 0 Å². The molecule has 1 heteroatoms. The average Bonchev–Trinajstić information content (AvgIpc) is 1.85. The Bertz CT molecular complexity index is 127. The van der Waals surface area contributed by atoms with E-state index in [0.717, 1.165) is 11.3 Å². The van der Waals surface area contributed by atoms with E-state index in [1.54, 1.807) is 0 Å². The van der Waals surface area contributed by atoms with Crippen molar-refractivity contribution in [3.05, 3.63) is 0 Å². The molecule has 0 aromatic heterocycles. The van der Waals surface area contributed by atoms with Crippen LogP contribution in [0.25, 0.3) is 0 Å². The van der Waals surface area contributed by atoms with Gasteiger partial charge >= 0.3 is 0 Å². The second-order valence-electron chi connectivity index (χ2n) is 4.00. The standard InChI is InChI=1S/C9H16S/c1-8-4-2-3-5-9(8)6-10-7-9/h8H,2-7H2,1H3. The summed E-state index contributed by atoms with van der Waals surface area (Å²) in [6.45, 7) is 2.46. The Morgan fingerprint density at radius 2 is 2.10 bits per heavy atom. The Hall–Kier alpha value is 0.350. The lowest BCUT2D eigenvalue weighted by Gasteiger charge is -2.49. The maximum atomic E-state index is 2.46. The van der Waals surface area contributed by atoms with Crippen molar-refractivity contribution in [3.8, 4) is 0 Å². The van der Waals surface area contributed by atoms with Gasteiger partial charge in [0, 0.05) is 0 Å². The smallest absolute Gasteiger partial charge is 0.0000131 e. The van der Waals surface area contributed by atoms with Gasteiger partial charge in [-0.05, 0) is 29.3 Å². The number of hydrogen-bond donors (Lipinski definition) is 0. The summed E-state index contributed by atoms with van der Waals surface area (Å²) < 4.78 is 0. The van der Waals surface area contributed by atoms with E-state index in [9.17, 15) is 0 Å². The van der Waals surface area contributed by atoms with E-state index in [1.807, 2.05) is 0 Å². The van der Waals surface area contributed by atoms with Crippen LogP contribution < -0.4 is 0 Å². The second kappa shape index (κ2) is 2.44. The van der Waals surface area contributed by atoms with Crippen molar-refractivity contribution in [3.63, 3.8) is 0 Å². The van der Waals surface area contributed by atoms with Crippen LogP contribution in [0.1, 0.15) is 32.6 Å². The van der Waals surface area contributed by atoms with Gasteiger partial charge in [0.1, 0.15) is 0 Å². The molecule has 0 nitrogen and oxygen atoms in total. The maximum absolute atomic E-state index is 2.46. The lowest BCUT2D eigenvalue weighted by molar-refractivity contribution is 0.152. The number of thioether (sulfide) groups is 1. The molecule has 1 aliphatic heterocycles. The third-order valence-electron chi connectivity index (χ3n) is 3.39. The second-order valence-corrected chi connectivity index (χ2v) is 4.99. The summed E-state index contributed by atoms with van der Waals surface area (Å²) in [7, 11) is 0. The summed E-state index contributed by atoms with van der Waals surface area (Å²) in [5, 5.41) is 0. The highest BCUT2D eigenvalue weighted by Gasteiger charge is 2.43. The van der Waals surface area contributed by atoms with Gasteiger partial charge in [-0.2, -0.15) is 11.8 Å². The molecule has 2 fully saturated rings. The highest BCUT2D eigenvalue weighted by atomic mass is 32.2. The van der Waals surface area contributed by atoms with Crippen molar-refractivity contribution < 1.29 is 0 Å². The van der Waals surface area contributed by atoms with Gasteiger partial charge in [0.25, 0.3) is 0 Å². The largest absolute Gasteiger partial charge is 0.161 e. The molecule has 0 aromatic carbocycles. The molecule has 1 saturated carbocycles. The molecule has 1 saturated heterocycles. The lowest BCUT2D eigenvalue weighted by Crippen LogP contribution is -2.43. The molecule has 1 heterocycles. The van der Waals surface area contributed by atoms with Crippen molar-refractivity contribution in [1.29, 1.82) is 0 Å². The van der Waals surface area contributed by atoms with E-state index in [1.165, 1.54) is 37.2 Å². The van der Waals surface area contributed by atoms with Gasteiger partial charge in [0.15, 0.2) is 0 Å². The summed E-state index contributed by atoms with van der Waals surface area (Å²) in [4.78, 5) is 0. The summed E-state index contributed by atoms with van der Waals surface area (Å²) in [6, 6.07) is 0. The fourth-order valence-corrected chi connectivity index (χ4v) is 3.86. The molecule has 0 N–H and O–H groups in total. The molecule has 0 radical (unpaired) electrons. The summed E-state index contributed by atoms with van der Waals surface area (Å²) in [5.74, 6) is 3.96. The molecular weight excluding hydrogens is 140 g/mol. The minimum atomic E-state index is 0.822. The average molecular weight is 156 g/mol. The van der Waals surface area contributed by atoms with E-state index in [2.05, 4.69) is 18.7 Å². The highest BCUT2D eigenvalue weighted by molar-refractivity contribution is 8.00. The van der Waals surface area contributed by atoms with E-state index in [0.29, 0.717) is 0 Å². The minimum Gasteiger partial charge on any atom is -0.161 e. The molecule has 0 bridgehead atoms. The molecule has 2 aliphatic rings. The van der Waals surface area contributed by atoms with Gasteiger partial charge in [-0.1, -0.05) is 26.2 Å². The quantitative estimate of drug-likeness (QED) is 0.519. The lowest BCUT2D eigenvalue weighted by atomic mass is 9.69. The molecular formula is C9H16S. The van der Waals surface area contributed by atoms with Gasteiger partial charge in [0.2, 0.25) is 0 Å². The van der Waals surface area contributed by atoms with Crippen LogP contribution in [0.3, 0.4) is 0 Å². The zero-order valence-corrected chi connectivity index (χ0v) is 7.54. The van der Waals surface area contributed by atoms with Crippen molar-refractivity contribution in [2.75, 3.05) is 11.5 Å². The molecule has 58 valence electrons. The Morgan fingerprint density at radius 3 is 2.50 bits per heavy atom.